The number of hydrogen-bond donors (Lipinski definition) is 3. The van der Waals surface area contributed by atoms with E-state index in [1.165, 1.54) is 0 Å². The van der Waals surface area contributed by atoms with Crippen LogP contribution in [0.3, 0.4) is 0 Å². The van der Waals surface area contributed by atoms with Crippen molar-refractivity contribution in [1.29, 1.82) is 0 Å². The number of nitrogens with two attached hydrogens (primary N) is 1. The Morgan fingerprint density at radius 3 is 2.43 bits per heavy atom. The molecule has 0 aliphatic carbocycles. The molecule has 3 N–H and O–H groups in total. The van der Waals surface area contributed by atoms with Gasteiger partial charge in [-0.1, -0.05) is 0 Å². The van der Waals surface area contributed by atoms with E-state index in [1.807, 2.05) is 0 Å². The standard InChI is InChI=1S/C6H11N3O4S/c1-3(6(11)12)9(8-13)5(10)4(7)2-14/h3-4,14H,2,7H2,1H3,(H,11,12)/t3-,4+/m0/s1. The Balaban J connectivity index is 4.64. The quantitative estimate of drug-likeness (QED) is 0.320. The van der Waals surface area contributed by atoms with Gasteiger partial charge < -0.3 is 10.8 Å². The largest absolute Gasteiger partial charge is 0.480 e. The second-order valence-corrected chi connectivity index (χ2v) is 2.93. The number of rotatable bonds is 5. The van der Waals surface area contributed by atoms with Crippen LogP contribution in [-0.4, -0.2) is 39.8 Å². The molecular formula is C6H11N3O4S. The van der Waals surface area contributed by atoms with Crippen LogP contribution >= 0.6 is 12.6 Å². The van der Waals surface area contributed by atoms with Crippen LogP contribution in [0.25, 0.3) is 0 Å². The minimum Gasteiger partial charge on any atom is -0.480 e. The number of aliphatic carboxylic acids is 1. The summed E-state index contributed by atoms with van der Waals surface area (Å²) in [6.07, 6.45) is 0. The van der Waals surface area contributed by atoms with E-state index in [0.29, 0.717) is 5.01 Å². The van der Waals surface area contributed by atoms with Crippen molar-refractivity contribution >= 4 is 24.5 Å². The van der Waals surface area contributed by atoms with Crippen molar-refractivity contribution in [3.05, 3.63) is 4.91 Å². The highest BCUT2D eigenvalue weighted by Gasteiger charge is 2.29. The maximum absolute atomic E-state index is 11.2. The van der Waals surface area contributed by atoms with Gasteiger partial charge in [0, 0.05) is 5.75 Å². The van der Waals surface area contributed by atoms with Gasteiger partial charge in [0.05, 0.1) is 11.3 Å². The van der Waals surface area contributed by atoms with Gasteiger partial charge in [-0.15, -0.1) is 4.91 Å². The fourth-order valence-corrected chi connectivity index (χ4v) is 0.811. The Labute approximate surface area is 85.6 Å². The molecule has 0 heterocycles. The normalized spacial score (nSPS) is 14.2. The maximum Gasteiger partial charge on any atom is 0.328 e. The van der Waals surface area contributed by atoms with E-state index in [9.17, 15) is 14.5 Å². The first-order valence-electron chi connectivity index (χ1n) is 3.71. The Kier molecular flexibility index (Phi) is 5.10. The van der Waals surface area contributed by atoms with Crippen molar-refractivity contribution in [3.8, 4) is 0 Å². The van der Waals surface area contributed by atoms with Crippen LogP contribution < -0.4 is 5.73 Å². The molecule has 80 valence electrons. The van der Waals surface area contributed by atoms with Crippen molar-refractivity contribution < 1.29 is 14.7 Å². The van der Waals surface area contributed by atoms with E-state index in [-0.39, 0.29) is 5.75 Å². The van der Waals surface area contributed by atoms with Crippen LogP contribution in [0.4, 0.5) is 0 Å². The smallest absolute Gasteiger partial charge is 0.328 e. The number of carboxylic acids is 1. The summed E-state index contributed by atoms with van der Waals surface area (Å²) in [6.45, 7) is 1.16. The third-order valence-electron chi connectivity index (χ3n) is 1.55. The average Bonchev–Trinajstić information content (AvgIpc) is 2.17. The number of nitrogens with zero attached hydrogens (tertiary/aromatic N) is 2. The number of carbonyl (C=O) groups is 2. The van der Waals surface area contributed by atoms with E-state index in [1.54, 1.807) is 0 Å². The van der Waals surface area contributed by atoms with Gasteiger partial charge in [-0.3, -0.25) is 4.79 Å². The van der Waals surface area contributed by atoms with Crippen molar-refractivity contribution in [2.75, 3.05) is 5.75 Å². The Hall–Kier alpha value is -1.15. The first-order chi connectivity index (χ1) is 6.45. The lowest BCUT2D eigenvalue weighted by Crippen LogP contribution is -2.48. The third-order valence-corrected chi connectivity index (χ3v) is 1.95. The van der Waals surface area contributed by atoms with Gasteiger partial charge >= 0.3 is 5.97 Å². The summed E-state index contributed by atoms with van der Waals surface area (Å²) in [5, 5.41) is 11.1. The van der Waals surface area contributed by atoms with E-state index in [4.69, 9.17) is 10.8 Å². The molecule has 0 aromatic carbocycles. The molecular weight excluding hydrogens is 210 g/mol. The van der Waals surface area contributed by atoms with Gasteiger partial charge in [-0.2, -0.15) is 17.6 Å². The molecule has 0 radical (unpaired) electrons. The topological polar surface area (TPSA) is 113 Å². The second-order valence-electron chi connectivity index (χ2n) is 2.57. The van der Waals surface area contributed by atoms with Gasteiger partial charge in [0.1, 0.15) is 0 Å². The maximum atomic E-state index is 11.2. The molecule has 0 unspecified atom stereocenters. The zero-order valence-corrected chi connectivity index (χ0v) is 8.35. The highest BCUT2D eigenvalue weighted by Crippen LogP contribution is 2.03. The molecule has 1 amide bonds. The number of hydrogen-bond acceptors (Lipinski definition) is 6. The lowest BCUT2D eigenvalue weighted by atomic mass is 10.2. The number of carboxylic acid groups (broad SMARTS) is 1. The van der Waals surface area contributed by atoms with E-state index in [0.717, 1.165) is 6.92 Å². The molecule has 0 spiro atoms. The van der Waals surface area contributed by atoms with Gasteiger partial charge in [-0.25, -0.2) is 4.79 Å². The summed E-state index contributed by atoms with van der Waals surface area (Å²) in [5.74, 6) is -2.17. The highest BCUT2D eigenvalue weighted by molar-refractivity contribution is 7.80. The van der Waals surface area contributed by atoms with Gasteiger partial charge in [0.2, 0.25) is 0 Å². The Bertz CT molecular complexity index is 247. The summed E-state index contributed by atoms with van der Waals surface area (Å²) in [4.78, 5) is 31.9. The molecule has 0 rings (SSSR count). The number of amides is 1. The van der Waals surface area contributed by atoms with E-state index in [2.05, 4.69) is 17.9 Å². The molecule has 0 aromatic heterocycles. The summed E-state index contributed by atoms with van der Waals surface area (Å²) < 4.78 is 0. The minimum absolute atomic E-state index is 0.0111. The lowest BCUT2D eigenvalue weighted by molar-refractivity contribution is -0.149. The lowest BCUT2D eigenvalue weighted by Gasteiger charge is -2.19. The van der Waals surface area contributed by atoms with Crippen LogP contribution in [0.1, 0.15) is 6.92 Å². The van der Waals surface area contributed by atoms with E-state index < -0.39 is 24.0 Å². The Morgan fingerprint density at radius 2 is 2.14 bits per heavy atom. The first kappa shape index (κ1) is 12.8. The van der Waals surface area contributed by atoms with Crippen LogP contribution in [0.5, 0.6) is 0 Å². The minimum atomic E-state index is -1.33. The van der Waals surface area contributed by atoms with Gasteiger partial charge in [-0.05, 0) is 6.92 Å². The zero-order valence-electron chi connectivity index (χ0n) is 7.45. The number of thiol groups is 1. The molecule has 0 aromatic rings. The summed E-state index contributed by atoms with van der Waals surface area (Å²) in [7, 11) is 0. The third kappa shape index (κ3) is 2.96. The predicted octanol–water partition coefficient (Wildman–Crippen LogP) is -0.773. The molecule has 0 saturated heterocycles. The fraction of sp³-hybridized carbons (Fsp3) is 0.667. The summed E-state index contributed by atoms with van der Waals surface area (Å²) in [5.41, 5.74) is 5.27. The van der Waals surface area contributed by atoms with Crippen molar-refractivity contribution in [1.82, 2.24) is 5.01 Å². The van der Waals surface area contributed by atoms with Crippen LogP contribution in [0.15, 0.2) is 5.29 Å². The van der Waals surface area contributed by atoms with E-state index >= 15 is 0 Å². The molecule has 14 heavy (non-hydrogen) atoms. The van der Waals surface area contributed by atoms with Gasteiger partial charge in [0.15, 0.2) is 6.04 Å². The number of carbonyl (C=O) groups excluding carboxylic acids is 1. The first-order valence-corrected chi connectivity index (χ1v) is 4.34. The monoisotopic (exact) mass is 221 g/mol. The second kappa shape index (κ2) is 5.55. The summed E-state index contributed by atoms with van der Waals surface area (Å²) in [6, 6.07) is -2.36. The molecule has 0 aliphatic heterocycles. The Morgan fingerprint density at radius 1 is 1.64 bits per heavy atom. The highest BCUT2D eigenvalue weighted by atomic mass is 32.1. The molecule has 2 atom stereocenters. The predicted molar refractivity (Wildman–Crippen MR) is 51.6 cm³/mol. The van der Waals surface area contributed by atoms with Crippen molar-refractivity contribution in [2.45, 2.75) is 19.0 Å². The average molecular weight is 221 g/mol. The molecule has 0 aliphatic rings. The molecule has 0 fully saturated rings. The molecule has 8 heteroatoms. The molecule has 0 saturated carbocycles. The fourth-order valence-electron chi connectivity index (χ4n) is 0.654. The van der Waals surface area contributed by atoms with Crippen molar-refractivity contribution in [3.63, 3.8) is 0 Å². The molecule has 7 nitrogen and oxygen atoms in total. The summed E-state index contributed by atoms with van der Waals surface area (Å²) >= 11 is 3.74. The van der Waals surface area contributed by atoms with Crippen LogP contribution in [0.2, 0.25) is 0 Å². The number of nitroso groups, excluding NO2 is 1. The molecule has 0 bridgehead atoms. The van der Waals surface area contributed by atoms with Gasteiger partial charge in [0.25, 0.3) is 5.91 Å². The zero-order chi connectivity index (χ0) is 11.3. The van der Waals surface area contributed by atoms with Crippen LogP contribution in [-0.2, 0) is 9.59 Å². The SMILES string of the molecule is C[C@@H](C(=O)O)N(N=O)C(=O)[C@H](N)CS. The van der Waals surface area contributed by atoms with Crippen LogP contribution in [0, 0.1) is 4.91 Å². The van der Waals surface area contributed by atoms with Crippen molar-refractivity contribution in [2.24, 2.45) is 11.0 Å².